The molecule has 1 aromatic rings. The lowest BCUT2D eigenvalue weighted by atomic mass is 9.97. The number of nitrogens with zero attached hydrogens (tertiary/aromatic N) is 4. The number of likely N-dealkylation sites (N-methyl/N-ethyl adjacent to an activating group) is 1. The highest BCUT2D eigenvalue weighted by Crippen LogP contribution is 2.36. The number of hydrogen-bond donors (Lipinski definition) is 1. The molecule has 2 aliphatic rings. The number of likely N-dealkylation sites (tertiary alicyclic amines) is 1. The number of carbonyl (C=O) groups excluding carboxylic acids is 1. The molecule has 6 heteroatoms. The van der Waals surface area contributed by atoms with E-state index in [0.29, 0.717) is 24.3 Å². The van der Waals surface area contributed by atoms with Gasteiger partial charge in [0.2, 0.25) is 5.91 Å². The summed E-state index contributed by atoms with van der Waals surface area (Å²) in [6.45, 7) is 0.501. The molecule has 3 atom stereocenters. The second-order valence-corrected chi connectivity index (χ2v) is 5.70. The fraction of sp³-hybridized carbons (Fsp3) is 0.714. The first-order valence-corrected chi connectivity index (χ1v) is 7.38. The quantitative estimate of drug-likeness (QED) is 0.881. The van der Waals surface area contributed by atoms with Crippen LogP contribution in [0.3, 0.4) is 0 Å². The van der Waals surface area contributed by atoms with Crippen LogP contribution in [0.2, 0.25) is 0 Å². The molecule has 2 heterocycles. The first-order valence-electron chi connectivity index (χ1n) is 7.38. The third-order valence-corrected chi connectivity index (χ3v) is 4.63. The molecule has 2 fully saturated rings. The molecule has 1 N–H and O–H groups in total. The van der Waals surface area contributed by atoms with Gasteiger partial charge < -0.3 is 10.2 Å². The standard InChI is InChI=1S/C14H21N5O/c1-15-11-6-5-10-3-2-4-12(10)19(14(11)20)7-13-17-8-16-9-18-13/h8-12,15H,2-7H2,1H3. The van der Waals surface area contributed by atoms with Crippen molar-refractivity contribution in [2.24, 2.45) is 5.92 Å². The minimum absolute atomic E-state index is 0.0672. The minimum atomic E-state index is -0.0672. The third-order valence-electron chi connectivity index (χ3n) is 4.63. The van der Waals surface area contributed by atoms with Crippen LogP contribution in [0, 0.1) is 5.92 Å². The van der Waals surface area contributed by atoms with E-state index in [2.05, 4.69) is 20.3 Å². The Bertz CT molecular complexity index is 466. The molecule has 3 unspecified atom stereocenters. The Hall–Kier alpha value is -1.56. The van der Waals surface area contributed by atoms with Crippen molar-refractivity contribution in [1.82, 2.24) is 25.2 Å². The van der Waals surface area contributed by atoms with E-state index >= 15 is 0 Å². The molecule has 1 amide bonds. The lowest BCUT2D eigenvalue weighted by molar-refractivity contribution is -0.136. The van der Waals surface area contributed by atoms with Gasteiger partial charge >= 0.3 is 0 Å². The van der Waals surface area contributed by atoms with Crippen molar-refractivity contribution in [3.05, 3.63) is 18.5 Å². The molecule has 1 saturated carbocycles. The number of aromatic nitrogens is 3. The molecule has 0 spiro atoms. The van der Waals surface area contributed by atoms with Crippen LogP contribution >= 0.6 is 0 Å². The van der Waals surface area contributed by atoms with E-state index in [4.69, 9.17) is 0 Å². The van der Waals surface area contributed by atoms with Crippen molar-refractivity contribution >= 4 is 5.91 Å². The molecule has 1 aliphatic carbocycles. The van der Waals surface area contributed by atoms with Gasteiger partial charge in [-0.05, 0) is 38.6 Å². The van der Waals surface area contributed by atoms with Crippen molar-refractivity contribution in [1.29, 1.82) is 0 Å². The number of amides is 1. The SMILES string of the molecule is CNC1CCC2CCCC2N(Cc2ncncn2)C1=O. The van der Waals surface area contributed by atoms with Gasteiger partial charge in [-0.15, -0.1) is 0 Å². The van der Waals surface area contributed by atoms with Crippen LogP contribution in [-0.2, 0) is 11.3 Å². The lowest BCUT2D eigenvalue weighted by Gasteiger charge is -2.31. The summed E-state index contributed by atoms with van der Waals surface area (Å²) >= 11 is 0. The van der Waals surface area contributed by atoms with Crippen molar-refractivity contribution in [2.45, 2.75) is 50.7 Å². The molecule has 0 radical (unpaired) electrons. The Morgan fingerprint density at radius 2 is 2.05 bits per heavy atom. The van der Waals surface area contributed by atoms with Gasteiger partial charge in [-0.2, -0.15) is 0 Å². The maximum atomic E-state index is 12.7. The molecule has 1 aliphatic heterocycles. The average molecular weight is 275 g/mol. The van der Waals surface area contributed by atoms with Gasteiger partial charge in [0.25, 0.3) is 0 Å². The first-order chi connectivity index (χ1) is 9.79. The first kappa shape index (κ1) is 13.4. The zero-order chi connectivity index (χ0) is 13.9. The molecular formula is C14H21N5O. The topological polar surface area (TPSA) is 71.0 Å². The van der Waals surface area contributed by atoms with Crippen molar-refractivity contribution in [3.63, 3.8) is 0 Å². The number of fused-ring (bicyclic) bond motifs is 1. The van der Waals surface area contributed by atoms with E-state index in [1.807, 2.05) is 11.9 Å². The van der Waals surface area contributed by atoms with E-state index in [0.717, 1.165) is 19.3 Å². The Labute approximate surface area is 119 Å². The highest BCUT2D eigenvalue weighted by Gasteiger charge is 2.40. The van der Waals surface area contributed by atoms with Gasteiger partial charge in [-0.3, -0.25) is 4.79 Å². The largest absolute Gasteiger partial charge is 0.331 e. The summed E-state index contributed by atoms with van der Waals surface area (Å²) in [4.78, 5) is 26.9. The Morgan fingerprint density at radius 3 is 2.80 bits per heavy atom. The molecule has 1 saturated heterocycles. The molecule has 0 bridgehead atoms. The smallest absolute Gasteiger partial charge is 0.240 e. The minimum Gasteiger partial charge on any atom is -0.331 e. The summed E-state index contributed by atoms with van der Waals surface area (Å²) in [6, 6.07) is 0.292. The van der Waals surface area contributed by atoms with E-state index in [1.165, 1.54) is 25.5 Å². The fourth-order valence-corrected chi connectivity index (χ4v) is 3.59. The van der Waals surface area contributed by atoms with Crippen LogP contribution in [0.5, 0.6) is 0 Å². The summed E-state index contributed by atoms with van der Waals surface area (Å²) < 4.78 is 0. The predicted octanol–water partition coefficient (Wildman–Crippen LogP) is 0.751. The van der Waals surface area contributed by atoms with Gasteiger partial charge in [-0.25, -0.2) is 15.0 Å². The zero-order valence-corrected chi connectivity index (χ0v) is 11.8. The van der Waals surface area contributed by atoms with Gasteiger partial charge in [0.05, 0.1) is 12.6 Å². The van der Waals surface area contributed by atoms with Gasteiger partial charge in [-0.1, -0.05) is 6.42 Å². The average Bonchev–Trinajstić information content (AvgIpc) is 2.90. The van der Waals surface area contributed by atoms with Crippen LogP contribution < -0.4 is 5.32 Å². The maximum Gasteiger partial charge on any atom is 0.240 e. The predicted molar refractivity (Wildman–Crippen MR) is 73.6 cm³/mol. The van der Waals surface area contributed by atoms with Crippen LogP contribution in [0.25, 0.3) is 0 Å². The van der Waals surface area contributed by atoms with Crippen LogP contribution in [-0.4, -0.2) is 44.9 Å². The summed E-state index contributed by atoms with van der Waals surface area (Å²) in [5.74, 6) is 1.51. The highest BCUT2D eigenvalue weighted by atomic mass is 16.2. The maximum absolute atomic E-state index is 12.7. The number of rotatable bonds is 3. The van der Waals surface area contributed by atoms with Gasteiger partial charge in [0, 0.05) is 6.04 Å². The second-order valence-electron chi connectivity index (χ2n) is 5.70. The number of nitrogens with one attached hydrogen (secondary N) is 1. The summed E-state index contributed by atoms with van der Waals surface area (Å²) in [7, 11) is 1.87. The number of hydrogen-bond acceptors (Lipinski definition) is 5. The Morgan fingerprint density at radius 1 is 1.25 bits per heavy atom. The molecule has 20 heavy (non-hydrogen) atoms. The Balaban J connectivity index is 1.84. The summed E-state index contributed by atoms with van der Waals surface area (Å²) in [6.07, 6.45) is 8.62. The monoisotopic (exact) mass is 275 g/mol. The van der Waals surface area contributed by atoms with Crippen LogP contribution in [0.1, 0.15) is 37.9 Å². The van der Waals surface area contributed by atoms with Crippen molar-refractivity contribution in [2.75, 3.05) is 7.05 Å². The molecular weight excluding hydrogens is 254 g/mol. The van der Waals surface area contributed by atoms with E-state index in [-0.39, 0.29) is 11.9 Å². The van der Waals surface area contributed by atoms with E-state index in [9.17, 15) is 4.79 Å². The summed E-state index contributed by atoms with van der Waals surface area (Å²) in [5, 5.41) is 3.15. The molecule has 108 valence electrons. The van der Waals surface area contributed by atoms with Crippen molar-refractivity contribution in [3.8, 4) is 0 Å². The third kappa shape index (κ3) is 2.52. The van der Waals surface area contributed by atoms with Gasteiger partial charge in [0.1, 0.15) is 12.7 Å². The molecule has 1 aromatic heterocycles. The molecule has 3 rings (SSSR count). The summed E-state index contributed by atoms with van der Waals surface area (Å²) in [5.41, 5.74) is 0. The zero-order valence-electron chi connectivity index (χ0n) is 11.8. The fourth-order valence-electron chi connectivity index (χ4n) is 3.59. The Kier molecular flexibility index (Phi) is 3.91. The van der Waals surface area contributed by atoms with Gasteiger partial charge in [0.15, 0.2) is 5.82 Å². The molecule has 6 nitrogen and oxygen atoms in total. The van der Waals surface area contributed by atoms with Crippen LogP contribution in [0.15, 0.2) is 12.7 Å². The van der Waals surface area contributed by atoms with Crippen molar-refractivity contribution < 1.29 is 4.79 Å². The van der Waals surface area contributed by atoms with E-state index in [1.54, 1.807) is 0 Å². The highest BCUT2D eigenvalue weighted by molar-refractivity contribution is 5.82. The lowest BCUT2D eigenvalue weighted by Crippen LogP contribution is -2.47. The number of carbonyl (C=O) groups is 1. The normalized spacial score (nSPS) is 30.1. The van der Waals surface area contributed by atoms with Crippen LogP contribution in [0.4, 0.5) is 0 Å². The van der Waals surface area contributed by atoms with E-state index < -0.39 is 0 Å². The second kappa shape index (κ2) is 5.83. The molecule has 0 aromatic carbocycles.